The molecular weight excluding hydrogens is 371 g/mol. The van der Waals surface area contributed by atoms with E-state index >= 15 is 0 Å². The van der Waals surface area contributed by atoms with Gasteiger partial charge in [-0.1, -0.05) is 24.3 Å². The Balaban J connectivity index is 2.16. The molecule has 6 heteroatoms. The molecule has 2 atom stereocenters. The second kappa shape index (κ2) is 5.17. The zero-order valence-corrected chi connectivity index (χ0v) is 12.7. The maximum atomic E-state index is 12.0. The molecule has 0 spiro atoms. The monoisotopic (exact) mass is 384 g/mol. The summed E-state index contributed by atoms with van der Waals surface area (Å²) >= 11 is 1.91. The van der Waals surface area contributed by atoms with Crippen LogP contribution in [0.25, 0.3) is 0 Å². The molecule has 3 rings (SSSR count). The Hall–Kier alpha value is -1.41. The van der Waals surface area contributed by atoms with Crippen LogP contribution in [0.2, 0.25) is 0 Å². The molecule has 1 heterocycles. The largest absolute Gasteiger partial charge is 0.396 e. The maximum absolute atomic E-state index is 12.0. The third kappa shape index (κ3) is 2.12. The number of nitrogens with zero attached hydrogens (tertiary/aromatic N) is 1. The smallest absolute Gasteiger partial charge is 0.328 e. The highest BCUT2D eigenvalue weighted by Crippen LogP contribution is 2.41. The van der Waals surface area contributed by atoms with Gasteiger partial charge in [-0.25, -0.2) is 4.79 Å². The summed E-state index contributed by atoms with van der Waals surface area (Å²) in [5, 5.41) is 9.50. The van der Waals surface area contributed by atoms with Gasteiger partial charge in [-0.15, -0.1) is 0 Å². The molecule has 2 aromatic rings. The van der Waals surface area contributed by atoms with Gasteiger partial charge in [0, 0.05) is 12.1 Å². The first-order valence-electron chi connectivity index (χ1n) is 6.32. The highest BCUT2D eigenvalue weighted by atomic mass is 127. The number of rotatable bonds is 2. The van der Waals surface area contributed by atoms with Gasteiger partial charge in [0.25, 0.3) is 5.56 Å². The number of halogens is 1. The molecule has 104 valence electrons. The van der Waals surface area contributed by atoms with E-state index in [0.717, 1.165) is 11.1 Å². The summed E-state index contributed by atoms with van der Waals surface area (Å²) in [5.41, 5.74) is 1.34. The normalized spacial score (nSPS) is 20.9. The minimum atomic E-state index is -0.409. The van der Waals surface area contributed by atoms with Crippen molar-refractivity contribution in [2.75, 3.05) is 6.61 Å². The molecule has 0 unspecified atom stereocenters. The zero-order valence-electron chi connectivity index (χ0n) is 10.5. The number of H-pyrrole nitrogens is 1. The predicted octanol–water partition coefficient (Wildman–Crippen LogP) is 1.21. The average Bonchev–Trinajstić information content (AvgIpc) is 2.82. The van der Waals surface area contributed by atoms with Crippen LogP contribution in [0.1, 0.15) is 29.5 Å². The van der Waals surface area contributed by atoms with E-state index < -0.39 is 5.69 Å². The van der Waals surface area contributed by atoms with Gasteiger partial charge in [0.2, 0.25) is 0 Å². The van der Waals surface area contributed by atoms with Crippen molar-refractivity contribution in [1.82, 2.24) is 9.55 Å². The Morgan fingerprint density at radius 3 is 2.70 bits per heavy atom. The Morgan fingerprint density at radius 1 is 1.30 bits per heavy atom. The number of aromatic amines is 1. The van der Waals surface area contributed by atoms with E-state index in [4.69, 9.17) is 0 Å². The van der Waals surface area contributed by atoms with Gasteiger partial charge in [-0.3, -0.25) is 14.3 Å². The highest BCUT2D eigenvalue weighted by molar-refractivity contribution is 14.1. The molecule has 0 radical (unpaired) electrons. The molecule has 1 aliphatic rings. The quantitative estimate of drug-likeness (QED) is 0.765. The summed E-state index contributed by atoms with van der Waals surface area (Å²) in [6, 6.07) is 7.68. The van der Waals surface area contributed by atoms with Crippen LogP contribution in [0, 0.1) is 3.57 Å². The zero-order chi connectivity index (χ0) is 14.3. The van der Waals surface area contributed by atoms with E-state index in [2.05, 4.69) is 4.98 Å². The van der Waals surface area contributed by atoms with Crippen molar-refractivity contribution in [3.05, 3.63) is 66.0 Å². The molecule has 0 saturated carbocycles. The van der Waals surface area contributed by atoms with Crippen LogP contribution < -0.4 is 11.2 Å². The molecule has 1 aliphatic carbocycles. The third-order valence-electron chi connectivity index (χ3n) is 3.78. The van der Waals surface area contributed by atoms with Crippen molar-refractivity contribution in [1.29, 1.82) is 0 Å². The van der Waals surface area contributed by atoms with Crippen LogP contribution in [0.15, 0.2) is 40.1 Å². The number of hydrogen-bond acceptors (Lipinski definition) is 3. The minimum absolute atomic E-state index is 0.0349. The van der Waals surface area contributed by atoms with E-state index in [1.807, 2.05) is 46.9 Å². The summed E-state index contributed by atoms with van der Waals surface area (Å²) in [6.07, 6.45) is 2.25. The number of benzene rings is 1. The standard InChI is InChI=1S/C14H13IN2O3/c15-11-6-17(14(20)16-13(11)19)12-5-8(7-18)9-3-1-2-4-10(9)12/h1-4,6,8,12,18H,5,7H2,(H,16,19,20)/t8-,12-/m0/s1. The lowest BCUT2D eigenvalue weighted by Crippen LogP contribution is -2.33. The topological polar surface area (TPSA) is 75.1 Å². The van der Waals surface area contributed by atoms with Gasteiger partial charge < -0.3 is 5.11 Å². The first-order valence-corrected chi connectivity index (χ1v) is 7.40. The lowest BCUT2D eigenvalue weighted by Gasteiger charge is -2.15. The van der Waals surface area contributed by atoms with Crippen molar-refractivity contribution in [2.24, 2.45) is 0 Å². The Labute approximate surface area is 128 Å². The predicted molar refractivity (Wildman–Crippen MR) is 83.1 cm³/mol. The third-order valence-corrected chi connectivity index (χ3v) is 4.55. The Kier molecular flexibility index (Phi) is 3.51. The average molecular weight is 384 g/mol. The van der Waals surface area contributed by atoms with E-state index in [-0.39, 0.29) is 24.1 Å². The van der Waals surface area contributed by atoms with Crippen molar-refractivity contribution < 1.29 is 5.11 Å². The van der Waals surface area contributed by atoms with Crippen molar-refractivity contribution >= 4 is 22.6 Å². The fourth-order valence-electron chi connectivity index (χ4n) is 2.84. The number of nitrogens with one attached hydrogen (secondary N) is 1. The first kappa shape index (κ1) is 13.6. The Morgan fingerprint density at radius 2 is 2.00 bits per heavy atom. The number of aliphatic hydroxyl groups is 1. The molecule has 0 fully saturated rings. The minimum Gasteiger partial charge on any atom is -0.396 e. The highest BCUT2D eigenvalue weighted by Gasteiger charge is 2.32. The van der Waals surface area contributed by atoms with Crippen LogP contribution in [0.5, 0.6) is 0 Å². The molecule has 1 aromatic carbocycles. The SMILES string of the molecule is O=c1[nH]c(=O)n([C@H]2C[C@@H](CO)c3ccccc32)cc1I. The maximum Gasteiger partial charge on any atom is 0.328 e. The van der Waals surface area contributed by atoms with Gasteiger partial charge in [-0.05, 0) is 40.1 Å². The lowest BCUT2D eigenvalue weighted by atomic mass is 10.0. The molecule has 5 nitrogen and oxygen atoms in total. The van der Waals surface area contributed by atoms with Crippen LogP contribution in [0.4, 0.5) is 0 Å². The molecule has 1 aromatic heterocycles. The number of aromatic nitrogens is 2. The second-order valence-electron chi connectivity index (χ2n) is 4.90. The van der Waals surface area contributed by atoms with Crippen molar-refractivity contribution in [2.45, 2.75) is 18.4 Å². The van der Waals surface area contributed by atoms with Crippen LogP contribution in [-0.2, 0) is 0 Å². The fraction of sp³-hybridized carbons (Fsp3) is 0.286. The molecule has 20 heavy (non-hydrogen) atoms. The number of hydrogen-bond donors (Lipinski definition) is 2. The summed E-state index contributed by atoms with van der Waals surface area (Å²) in [6.45, 7) is 0.0582. The number of fused-ring (bicyclic) bond motifs is 1. The van der Waals surface area contributed by atoms with E-state index in [1.165, 1.54) is 0 Å². The van der Waals surface area contributed by atoms with Crippen molar-refractivity contribution in [3.8, 4) is 0 Å². The fourth-order valence-corrected chi connectivity index (χ4v) is 3.27. The van der Waals surface area contributed by atoms with Crippen LogP contribution in [-0.4, -0.2) is 21.3 Å². The van der Waals surface area contributed by atoms with Crippen LogP contribution in [0.3, 0.4) is 0 Å². The summed E-state index contributed by atoms with van der Waals surface area (Å²) in [4.78, 5) is 25.8. The molecule has 0 bridgehead atoms. The summed E-state index contributed by atoms with van der Waals surface area (Å²) in [5.74, 6) is 0.0349. The molecule has 0 saturated heterocycles. The molecular formula is C14H13IN2O3. The first-order chi connectivity index (χ1) is 9.61. The van der Waals surface area contributed by atoms with E-state index in [9.17, 15) is 14.7 Å². The summed E-state index contributed by atoms with van der Waals surface area (Å²) in [7, 11) is 0. The molecule has 2 N–H and O–H groups in total. The van der Waals surface area contributed by atoms with Crippen LogP contribution >= 0.6 is 22.6 Å². The van der Waals surface area contributed by atoms with Gasteiger partial charge in [-0.2, -0.15) is 0 Å². The Bertz CT molecular complexity index is 765. The molecule has 0 amide bonds. The van der Waals surface area contributed by atoms with Crippen molar-refractivity contribution in [3.63, 3.8) is 0 Å². The number of aliphatic hydroxyl groups excluding tert-OH is 1. The lowest BCUT2D eigenvalue weighted by molar-refractivity contribution is 0.258. The van der Waals surface area contributed by atoms with Gasteiger partial charge in [0.15, 0.2) is 0 Å². The van der Waals surface area contributed by atoms with Gasteiger partial charge in [0.05, 0.1) is 16.2 Å². The second-order valence-corrected chi connectivity index (χ2v) is 6.07. The van der Waals surface area contributed by atoms with E-state index in [1.54, 1.807) is 10.8 Å². The van der Waals surface area contributed by atoms with Gasteiger partial charge in [0.1, 0.15) is 0 Å². The summed E-state index contributed by atoms with van der Waals surface area (Å²) < 4.78 is 2.03. The van der Waals surface area contributed by atoms with Gasteiger partial charge >= 0.3 is 5.69 Å². The van der Waals surface area contributed by atoms with E-state index in [0.29, 0.717) is 9.99 Å². The molecule has 0 aliphatic heterocycles.